The fourth-order valence-electron chi connectivity index (χ4n) is 6.04. The Morgan fingerprint density at radius 1 is 0.792 bits per heavy atom. The molecule has 8 atom stereocenters. The molecule has 0 heterocycles. The highest BCUT2D eigenvalue weighted by atomic mass is 79.9. The van der Waals surface area contributed by atoms with Gasteiger partial charge in [-0.2, -0.15) is 16.8 Å². The number of hydrogen-bond donors (Lipinski definition) is 0. The van der Waals surface area contributed by atoms with E-state index in [2.05, 4.69) is 31.9 Å². The van der Waals surface area contributed by atoms with Crippen LogP contribution in [0, 0.1) is 23.7 Å². The Kier molecular flexibility index (Phi) is 3.92. The van der Waals surface area contributed by atoms with E-state index in [0.29, 0.717) is 0 Å². The van der Waals surface area contributed by atoms with E-state index in [1.165, 1.54) is 0 Å². The molecule has 4 saturated carbocycles. The van der Waals surface area contributed by atoms with Gasteiger partial charge in [0.1, 0.15) is 0 Å². The summed E-state index contributed by atoms with van der Waals surface area (Å²) >= 11 is 7.66. The number of halogens is 2. The second-order valence-corrected chi connectivity index (χ2v) is 13.9. The van der Waals surface area contributed by atoms with E-state index in [9.17, 15) is 16.8 Å². The van der Waals surface area contributed by atoms with Crippen LogP contribution in [0.15, 0.2) is 0 Å². The summed E-state index contributed by atoms with van der Waals surface area (Å²) in [4.78, 5) is 0. The van der Waals surface area contributed by atoms with Crippen LogP contribution in [0.2, 0.25) is 0 Å². The fourth-order valence-corrected chi connectivity index (χ4v) is 10.2. The lowest BCUT2D eigenvalue weighted by Gasteiger charge is -2.31. The van der Waals surface area contributed by atoms with Gasteiger partial charge in [-0.25, -0.2) is 0 Å². The van der Waals surface area contributed by atoms with E-state index in [0.717, 1.165) is 38.2 Å². The maximum atomic E-state index is 11.8. The molecule has 0 unspecified atom stereocenters. The van der Waals surface area contributed by atoms with Crippen LogP contribution in [-0.2, 0) is 28.6 Å². The Morgan fingerprint density at radius 3 is 1.42 bits per heavy atom. The van der Waals surface area contributed by atoms with E-state index in [4.69, 9.17) is 8.37 Å². The zero-order valence-corrected chi connectivity index (χ0v) is 18.1. The standard InChI is InChI=1S/C14H20Br2O6S2/c1-23(17,18)21-11-7-3-6-14(16)9(7)10-8(4-5-13(10,11)15)12(14)22-24(2,19)20/h7-12H,3-6H2,1-2H3/t7-,8+,9+,10-,11-,12-,13-,14-/m1/s1. The number of alkyl halides is 2. The Labute approximate surface area is 159 Å². The Morgan fingerprint density at radius 2 is 1.12 bits per heavy atom. The summed E-state index contributed by atoms with van der Waals surface area (Å²) in [5.74, 6) is 0.477. The minimum Gasteiger partial charge on any atom is -0.265 e. The average molecular weight is 508 g/mol. The fraction of sp³-hybridized carbons (Fsp3) is 1.00. The van der Waals surface area contributed by atoms with Crippen molar-refractivity contribution in [3.63, 3.8) is 0 Å². The molecule has 4 aliphatic carbocycles. The smallest absolute Gasteiger partial charge is 0.264 e. The van der Waals surface area contributed by atoms with Crippen molar-refractivity contribution in [2.75, 3.05) is 12.5 Å². The number of rotatable bonds is 4. The van der Waals surface area contributed by atoms with Gasteiger partial charge in [-0.05, 0) is 49.4 Å². The molecule has 0 radical (unpaired) electrons. The van der Waals surface area contributed by atoms with Gasteiger partial charge >= 0.3 is 0 Å². The van der Waals surface area contributed by atoms with Crippen LogP contribution in [0.1, 0.15) is 25.7 Å². The molecule has 0 bridgehead atoms. The van der Waals surface area contributed by atoms with Gasteiger partial charge < -0.3 is 0 Å². The molecule has 4 fully saturated rings. The first-order valence-corrected chi connectivity index (χ1v) is 13.2. The lowest BCUT2D eigenvalue weighted by Crippen LogP contribution is -2.41. The molecule has 0 aromatic carbocycles. The highest BCUT2D eigenvalue weighted by molar-refractivity contribution is 9.10. The van der Waals surface area contributed by atoms with Gasteiger partial charge in [0.25, 0.3) is 20.2 Å². The topological polar surface area (TPSA) is 86.7 Å². The maximum absolute atomic E-state index is 11.8. The molecule has 0 amide bonds. The highest BCUT2D eigenvalue weighted by Gasteiger charge is 2.78. The van der Waals surface area contributed by atoms with E-state index in [1.807, 2.05) is 0 Å². The van der Waals surface area contributed by atoms with Crippen LogP contribution < -0.4 is 0 Å². The molecule has 4 aliphatic rings. The Bertz CT molecular complexity index is 717. The van der Waals surface area contributed by atoms with Crippen molar-refractivity contribution < 1.29 is 25.2 Å². The van der Waals surface area contributed by atoms with Crippen molar-refractivity contribution >= 4 is 52.1 Å². The third kappa shape index (κ3) is 2.42. The highest BCUT2D eigenvalue weighted by Crippen LogP contribution is 2.75. The molecular weight excluding hydrogens is 488 g/mol. The van der Waals surface area contributed by atoms with Crippen molar-refractivity contribution in [1.29, 1.82) is 0 Å². The molecule has 4 rings (SSSR count). The molecule has 0 aromatic rings. The third-order valence-corrected chi connectivity index (χ3v) is 10.3. The average Bonchev–Trinajstić information content (AvgIpc) is 3.02. The molecule has 10 heteroatoms. The van der Waals surface area contributed by atoms with E-state index in [-0.39, 0.29) is 23.7 Å². The summed E-state index contributed by atoms with van der Waals surface area (Å²) in [6.07, 6.45) is 4.53. The molecular formula is C14H20Br2O6S2. The molecule has 0 N–H and O–H groups in total. The van der Waals surface area contributed by atoms with Gasteiger partial charge in [0.2, 0.25) is 0 Å². The Balaban J connectivity index is 1.76. The van der Waals surface area contributed by atoms with Gasteiger partial charge in [0, 0.05) is 0 Å². The lowest BCUT2D eigenvalue weighted by atomic mass is 9.89. The predicted molar refractivity (Wildman–Crippen MR) is 95.2 cm³/mol. The zero-order chi connectivity index (χ0) is 17.7. The molecule has 0 saturated heterocycles. The number of hydrogen-bond acceptors (Lipinski definition) is 6. The maximum Gasteiger partial charge on any atom is 0.264 e. The largest absolute Gasteiger partial charge is 0.265 e. The summed E-state index contributed by atoms with van der Waals surface area (Å²) in [5.41, 5.74) is 0. The molecule has 0 aromatic heterocycles. The zero-order valence-electron chi connectivity index (χ0n) is 13.3. The van der Waals surface area contributed by atoms with Crippen molar-refractivity contribution in [1.82, 2.24) is 0 Å². The summed E-state index contributed by atoms with van der Waals surface area (Å²) in [5, 5.41) is 0. The second kappa shape index (κ2) is 5.19. The Hall–Kier alpha value is 0.780. The van der Waals surface area contributed by atoms with Crippen LogP contribution >= 0.6 is 31.9 Å². The molecule has 6 nitrogen and oxygen atoms in total. The van der Waals surface area contributed by atoms with Crippen LogP contribution in [0.4, 0.5) is 0 Å². The van der Waals surface area contributed by atoms with Crippen LogP contribution in [0.3, 0.4) is 0 Å². The summed E-state index contributed by atoms with van der Waals surface area (Å²) in [6, 6.07) is 0. The normalized spacial score (nSPS) is 52.8. The van der Waals surface area contributed by atoms with Crippen molar-refractivity contribution in [2.24, 2.45) is 23.7 Å². The summed E-state index contributed by atoms with van der Waals surface area (Å²) < 4.78 is 57.3. The molecule has 0 spiro atoms. The monoisotopic (exact) mass is 506 g/mol. The van der Waals surface area contributed by atoms with Gasteiger partial charge in [0.15, 0.2) is 0 Å². The summed E-state index contributed by atoms with van der Waals surface area (Å²) in [7, 11) is -7.12. The first-order valence-electron chi connectivity index (χ1n) is 8.01. The predicted octanol–water partition coefficient (Wildman–Crippen LogP) is 2.02. The van der Waals surface area contributed by atoms with E-state index >= 15 is 0 Å². The quantitative estimate of drug-likeness (QED) is 0.427. The van der Waals surface area contributed by atoms with Gasteiger partial charge in [-0.3, -0.25) is 8.37 Å². The first-order chi connectivity index (χ1) is 10.9. The summed E-state index contributed by atoms with van der Waals surface area (Å²) in [6.45, 7) is 0. The van der Waals surface area contributed by atoms with Gasteiger partial charge in [-0.15, -0.1) is 0 Å². The minimum atomic E-state index is -3.56. The minimum absolute atomic E-state index is 0.0828. The molecule has 0 aliphatic heterocycles. The van der Waals surface area contributed by atoms with E-state index < -0.39 is 41.1 Å². The van der Waals surface area contributed by atoms with Crippen LogP contribution in [0.5, 0.6) is 0 Å². The van der Waals surface area contributed by atoms with Crippen LogP contribution in [0.25, 0.3) is 0 Å². The van der Waals surface area contributed by atoms with Gasteiger partial charge in [-0.1, -0.05) is 31.9 Å². The van der Waals surface area contributed by atoms with E-state index in [1.54, 1.807) is 0 Å². The third-order valence-electron chi connectivity index (χ3n) is 6.42. The first kappa shape index (κ1) is 18.2. The lowest BCUT2D eigenvalue weighted by molar-refractivity contribution is 0.120. The van der Waals surface area contributed by atoms with Crippen molar-refractivity contribution in [3.05, 3.63) is 0 Å². The SMILES string of the molecule is CS(=O)(=O)O[C@@H]1[C@@H]2CC[C@@]3(Br)[C@@H]2[C@H]2[C@H](CC[C@@]21Br)[C@H]3OS(C)(=O)=O. The molecule has 24 heavy (non-hydrogen) atoms. The van der Waals surface area contributed by atoms with Crippen molar-refractivity contribution in [2.45, 2.75) is 46.5 Å². The van der Waals surface area contributed by atoms with Crippen LogP contribution in [-0.4, -0.2) is 50.2 Å². The van der Waals surface area contributed by atoms with Gasteiger partial charge in [0.05, 0.1) is 33.4 Å². The second-order valence-electron chi connectivity index (χ2n) is 7.75. The molecule has 138 valence electrons. The van der Waals surface area contributed by atoms with Crippen molar-refractivity contribution in [3.8, 4) is 0 Å².